The summed E-state index contributed by atoms with van der Waals surface area (Å²) in [5.41, 5.74) is 0.107. The molecule has 8 heteroatoms. The molecule has 2 aliphatic rings. The maximum atomic E-state index is 13.3. The van der Waals surface area contributed by atoms with Gasteiger partial charge in [0.1, 0.15) is 11.4 Å². The zero-order chi connectivity index (χ0) is 17.4. The molecular weight excluding hydrogens is 327 g/mol. The molecule has 0 N–H and O–H groups in total. The lowest BCUT2D eigenvalue weighted by atomic mass is 9.93. The molecule has 0 radical (unpaired) electrons. The standard InChI is InChI=1S/C17H19FN4O3/c1-21-10-17(25-16(21)23)6-3-7-22(11-17)9-14-19-20-15(24-14)12-4-2-5-13(18)8-12/h2,4-5,8H,3,6-7,9-11H2,1H3/t17-/m1/s1. The third kappa shape index (κ3) is 3.21. The number of carbonyl (C=O) groups excluding carboxylic acids is 1. The lowest BCUT2D eigenvalue weighted by Crippen LogP contribution is -2.50. The average molecular weight is 346 g/mol. The first-order valence-corrected chi connectivity index (χ1v) is 8.28. The van der Waals surface area contributed by atoms with Crippen molar-refractivity contribution in [1.82, 2.24) is 20.0 Å². The van der Waals surface area contributed by atoms with Crippen molar-refractivity contribution < 1.29 is 18.3 Å². The molecule has 1 atom stereocenters. The maximum absolute atomic E-state index is 13.3. The third-order valence-electron chi connectivity index (χ3n) is 4.66. The Kier molecular flexibility index (Phi) is 3.91. The number of hydrogen-bond donors (Lipinski definition) is 0. The number of ether oxygens (including phenoxy) is 1. The van der Waals surface area contributed by atoms with Crippen LogP contribution in [0.3, 0.4) is 0 Å². The first-order valence-electron chi connectivity index (χ1n) is 8.28. The minimum atomic E-state index is -0.449. The van der Waals surface area contributed by atoms with Crippen molar-refractivity contribution in [1.29, 1.82) is 0 Å². The van der Waals surface area contributed by atoms with Gasteiger partial charge in [0.25, 0.3) is 0 Å². The summed E-state index contributed by atoms with van der Waals surface area (Å²) in [6, 6.07) is 6.06. The van der Waals surface area contributed by atoms with E-state index in [1.165, 1.54) is 12.1 Å². The van der Waals surface area contributed by atoms with Gasteiger partial charge in [-0.05, 0) is 37.6 Å². The van der Waals surface area contributed by atoms with Crippen LogP contribution >= 0.6 is 0 Å². The summed E-state index contributed by atoms with van der Waals surface area (Å²) in [6.45, 7) is 2.59. The number of rotatable bonds is 3. The highest BCUT2D eigenvalue weighted by atomic mass is 19.1. The third-order valence-corrected chi connectivity index (χ3v) is 4.66. The predicted octanol–water partition coefficient (Wildman–Crippen LogP) is 2.29. The van der Waals surface area contributed by atoms with Gasteiger partial charge in [0.05, 0.1) is 13.1 Å². The van der Waals surface area contributed by atoms with Gasteiger partial charge in [0, 0.05) is 19.2 Å². The maximum Gasteiger partial charge on any atom is 0.410 e. The number of likely N-dealkylation sites (tertiary alicyclic amines) is 1. The van der Waals surface area contributed by atoms with Crippen LogP contribution in [0.2, 0.25) is 0 Å². The lowest BCUT2D eigenvalue weighted by molar-refractivity contribution is -0.0134. The van der Waals surface area contributed by atoms with E-state index in [1.54, 1.807) is 24.1 Å². The fourth-order valence-corrected chi connectivity index (χ4v) is 3.58. The Balaban J connectivity index is 1.45. The molecule has 0 unspecified atom stereocenters. The van der Waals surface area contributed by atoms with Gasteiger partial charge >= 0.3 is 6.09 Å². The van der Waals surface area contributed by atoms with Gasteiger partial charge in [-0.1, -0.05) is 6.07 Å². The number of aromatic nitrogens is 2. The van der Waals surface area contributed by atoms with Crippen LogP contribution in [0.5, 0.6) is 0 Å². The van der Waals surface area contributed by atoms with Gasteiger partial charge < -0.3 is 14.1 Å². The van der Waals surface area contributed by atoms with E-state index in [2.05, 4.69) is 15.1 Å². The highest BCUT2D eigenvalue weighted by Crippen LogP contribution is 2.32. The highest BCUT2D eigenvalue weighted by molar-refractivity contribution is 5.70. The second kappa shape index (κ2) is 6.11. The molecule has 132 valence electrons. The molecular formula is C17H19FN4O3. The smallest absolute Gasteiger partial charge is 0.410 e. The Bertz CT molecular complexity index is 796. The number of benzene rings is 1. The molecule has 7 nitrogen and oxygen atoms in total. The van der Waals surface area contributed by atoms with Crippen molar-refractivity contribution in [2.24, 2.45) is 0 Å². The van der Waals surface area contributed by atoms with Crippen LogP contribution in [0.4, 0.5) is 9.18 Å². The molecule has 0 bridgehead atoms. The van der Waals surface area contributed by atoms with Gasteiger partial charge in [0.15, 0.2) is 0 Å². The average Bonchev–Trinajstić information content (AvgIpc) is 3.13. The number of hydrogen-bond acceptors (Lipinski definition) is 6. The summed E-state index contributed by atoms with van der Waals surface area (Å²) in [5, 5.41) is 8.06. The topological polar surface area (TPSA) is 71.7 Å². The number of piperidine rings is 1. The minimum Gasteiger partial charge on any atom is -0.440 e. The molecule has 1 aromatic heterocycles. The Morgan fingerprint density at radius 2 is 2.20 bits per heavy atom. The fourth-order valence-electron chi connectivity index (χ4n) is 3.58. The van der Waals surface area contributed by atoms with Crippen LogP contribution < -0.4 is 0 Å². The molecule has 1 spiro atoms. The summed E-state index contributed by atoms with van der Waals surface area (Å²) >= 11 is 0. The number of halogens is 1. The number of likely N-dealkylation sites (N-methyl/N-ethyl adjacent to an activating group) is 1. The summed E-state index contributed by atoms with van der Waals surface area (Å²) in [5.74, 6) is 0.421. The van der Waals surface area contributed by atoms with Crippen LogP contribution in [0, 0.1) is 5.82 Å². The Labute approximate surface area is 144 Å². The predicted molar refractivity (Wildman–Crippen MR) is 86.0 cm³/mol. The van der Waals surface area contributed by atoms with E-state index in [4.69, 9.17) is 9.15 Å². The van der Waals surface area contributed by atoms with Gasteiger partial charge in [-0.2, -0.15) is 0 Å². The van der Waals surface area contributed by atoms with E-state index >= 15 is 0 Å². The molecule has 2 aliphatic heterocycles. The minimum absolute atomic E-state index is 0.270. The molecule has 0 aliphatic carbocycles. The van der Waals surface area contributed by atoms with E-state index in [0.29, 0.717) is 37.0 Å². The van der Waals surface area contributed by atoms with Crippen molar-refractivity contribution in [3.63, 3.8) is 0 Å². The van der Waals surface area contributed by atoms with Crippen LogP contribution in [-0.4, -0.2) is 58.4 Å². The number of nitrogens with zero attached hydrogens (tertiary/aromatic N) is 4. The molecule has 2 saturated heterocycles. The first-order chi connectivity index (χ1) is 12.0. The quantitative estimate of drug-likeness (QED) is 0.849. The highest BCUT2D eigenvalue weighted by Gasteiger charge is 2.46. The molecule has 3 heterocycles. The second-order valence-electron chi connectivity index (χ2n) is 6.73. The van der Waals surface area contributed by atoms with Gasteiger partial charge in [-0.15, -0.1) is 10.2 Å². The molecule has 0 saturated carbocycles. The Morgan fingerprint density at radius 1 is 1.32 bits per heavy atom. The molecule has 1 amide bonds. The Hall–Kier alpha value is -2.48. The first kappa shape index (κ1) is 16.0. The molecule has 2 aromatic rings. The lowest BCUT2D eigenvalue weighted by Gasteiger charge is -2.37. The van der Waals surface area contributed by atoms with Crippen LogP contribution in [0.25, 0.3) is 11.5 Å². The SMILES string of the molecule is CN1C[C@@]2(CCCN(Cc3nnc(-c4cccc(F)c4)o3)C2)OC1=O. The number of carbonyl (C=O) groups is 1. The summed E-state index contributed by atoms with van der Waals surface area (Å²) in [7, 11) is 1.75. The van der Waals surface area contributed by atoms with Crippen molar-refractivity contribution in [2.45, 2.75) is 25.0 Å². The van der Waals surface area contributed by atoms with Crippen LogP contribution in [-0.2, 0) is 11.3 Å². The summed E-state index contributed by atoms with van der Waals surface area (Å²) < 4.78 is 24.6. The van der Waals surface area contributed by atoms with E-state index in [9.17, 15) is 9.18 Å². The zero-order valence-electron chi connectivity index (χ0n) is 13.9. The largest absolute Gasteiger partial charge is 0.440 e. The monoisotopic (exact) mass is 346 g/mol. The van der Waals surface area contributed by atoms with E-state index in [0.717, 1.165) is 19.4 Å². The van der Waals surface area contributed by atoms with Crippen LogP contribution in [0.15, 0.2) is 28.7 Å². The second-order valence-corrected chi connectivity index (χ2v) is 6.73. The number of amides is 1. The van der Waals surface area contributed by atoms with Crippen molar-refractivity contribution in [2.75, 3.05) is 26.7 Å². The van der Waals surface area contributed by atoms with E-state index in [1.807, 2.05) is 0 Å². The van der Waals surface area contributed by atoms with E-state index < -0.39 is 5.60 Å². The van der Waals surface area contributed by atoms with Crippen molar-refractivity contribution in [3.8, 4) is 11.5 Å². The molecule has 25 heavy (non-hydrogen) atoms. The van der Waals surface area contributed by atoms with E-state index in [-0.39, 0.29) is 11.9 Å². The van der Waals surface area contributed by atoms with Crippen molar-refractivity contribution in [3.05, 3.63) is 36.0 Å². The Morgan fingerprint density at radius 3 is 2.96 bits per heavy atom. The van der Waals surface area contributed by atoms with Gasteiger partial charge in [-0.3, -0.25) is 4.90 Å². The summed E-state index contributed by atoms with van der Waals surface area (Å²) in [4.78, 5) is 15.5. The molecule has 4 rings (SSSR count). The van der Waals surface area contributed by atoms with Gasteiger partial charge in [-0.25, -0.2) is 9.18 Å². The molecule has 2 fully saturated rings. The normalized spacial score (nSPS) is 24.1. The molecule has 1 aromatic carbocycles. The van der Waals surface area contributed by atoms with Crippen LogP contribution in [0.1, 0.15) is 18.7 Å². The fraction of sp³-hybridized carbons (Fsp3) is 0.471. The van der Waals surface area contributed by atoms with Gasteiger partial charge in [0.2, 0.25) is 11.8 Å². The zero-order valence-corrected chi connectivity index (χ0v) is 13.9. The van der Waals surface area contributed by atoms with Crippen molar-refractivity contribution >= 4 is 6.09 Å². The summed E-state index contributed by atoms with van der Waals surface area (Å²) in [6.07, 6.45) is 1.53.